The number of hydrogen-bond acceptors (Lipinski definition) is 3. The van der Waals surface area contributed by atoms with E-state index in [9.17, 15) is 0 Å². The molecule has 3 heteroatoms. The first-order valence-corrected chi connectivity index (χ1v) is 7.01. The van der Waals surface area contributed by atoms with Crippen molar-refractivity contribution in [1.29, 1.82) is 0 Å². The number of hydrogen-bond donors (Lipinski definition) is 1. The molecule has 2 aliphatic rings. The van der Waals surface area contributed by atoms with Crippen LogP contribution in [0.3, 0.4) is 0 Å². The lowest BCUT2D eigenvalue weighted by molar-refractivity contribution is -0.145. The van der Waals surface area contributed by atoms with E-state index in [0.717, 1.165) is 38.9 Å². The molecule has 0 aromatic carbocycles. The standard InChI is InChI=1S/C14H27NO2/c1-13(2)5-7-14(11-15,8-6-13)17-12-3-9-16-10-4-12/h12H,3-11,15H2,1-2H3. The van der Waals surface area contributed by atoms with Gasteiger partial charge in [0.15, 0.2) is 0 Å². The minimum Gasteiger partial charge on any atom is -0.381 e. The minimum atomic E-state index is -0.0441. The molecule has 1 aliphatic carbocycles. The van der Waals surface area contributed by atoms with Gasteiger partial charge in [0.2, 0.25) is 0 Å². The quantitative estimate of drug-likeness (QED) is 0.825. The summed E-state index contributed by atoms with van der Waals surface area (Å²) in [6.45, 7) is 7.05. The van der Waals surface area contributed by atoms with Crippen molar-refractivity contribution in [3.8, 4) is 0 Å². The molecule has 0 unspecified atom stereocenters. The predicted octanol–water partition coefficient (Wildman–Crippen LogP) is 2.48. The van der Waals surface area contributed by atoms with Crippen molar-refractivity contribution < 1.29 is 9.47 Å². The summed E-state index contributed by atoms with van der Waals surface area (Å²) in [6.07, 6.45) is 7.13. The van der Waals surface area contributed by atoms with Crippen molar-refractivity contribution in [3.63, 3.8) is 0 Å². The van der Waals surface area contributed by atoms with E-state index in [-0.39, 0.29) is 5.60 Å². The number of rotatable bonds is 3. The zero-order valence-electron chi connectivity index (χ0n) is 11.3. The maximum Gasteiger partial charge on any atom is 0.0808 e. The Morgan fingerprint density at radius 3 is 2.24 bits per heavy atom. The highest BCUT2D eigenvalue weighted by Gasteiger charge is 2.39. The summed E-state index contributed by atoms with van der Waals surface area (Å²) in [5.74, 6) is 0. The highest BCUT2D eigenvalue weighted by molar-refractivity contribution is 4.92. The number of nitrogens with two attached hydrogens (primary N) is 1. The van der Waals surface area contributed by atoms with Crippen molar-refractivity contribution in [2.75, 3.05) is 19.8 Å². The van der Waals surface area contributed by atoms with E-state index in [0.29, 0.717) is 18.1 Å². The van der Waals surface area contributed by atoms with Crippen LogP contribution in [0, 0.1) is 5.41 Å². The van der Waals surface area contributed by atoms with E-state index in [1.165, 1.54) is 12.8 Å². The van der Waals surface area contributed by atoms with Crippen molar-refractivity contribution >= 4 is 0 Å². The molecule has 17 heavy (non-hydrogen) atoms. The summed E-state index contributed by atoms with van der Waals surface area (Å²) in [7, 11) is 0. The Balaban J connectivity index is 1.91. The van der Waals surface area contributed by atoms with Crippen LogP contribution in [0.1, 0.15) is 52.4 Å². The first-order valence-electron chi connectivity index (χ1n) is 7.01. The summed E-state index contributed by atoms with van der Waals surface area (Å²) in [6, 6.07) is 0. The van der Waals surface area contributed by atoms with Crippen LogP contribution in [-0.2, 0) is 9.47 Å². The Morgan fingerprint density at radius 2 is 1.71 bits per heavy atom. The average molecular weight is 241 g/mol. The van der Waals surface area contributed by atoms with E-state index in [1.54, 1.807) is 0 Å². The zero-order chi connectivity index (χ0) is 12.4. The van der Waals surface area contributed by atoms with E-state index in [4.69, 9.17) is 15.2 Å². The van der Waals surface area contributed by atoms with Crippen LogP contribution in [0.25, 0.3) is 0 Å². The molecule has 0 amide bonds. The Hall–Kier alpha value is -0.120. The van der Waals surface area contributed by atoms with Crippen molar-refractivity contribution in [1.82, 2.24) is 0 Å². The van der Waals surface area contributed by atoms with Gasteiger partial charge in [-0.25, -0.2) is 0 Å². The molecule has 0 aromatic rings. The summed E-state index contributed by atoms with van der Waals surface area (Å²) in [5, 5.41) is 0. The Bertz CT molecular complexity index is 237. The van der Waals surface area contributed by atoms with E-state index in [2.05, 4.69) is 13.8 Å². The Kier molecular flexibility index (Phi) is 4.11. The minimum absolute atomic E-state index is 0.0441. The summed E-state index contributed by atoms with van der Waals surface area (Å²) in [5.41, 5.74) is 6.41. The van der Waals surface area contributed by atoms with E-state index in [1.807, 2.05) is 0 Å². The molecular formula is C14H27NO2. The molecule has 1 saturated heterocycles. The second-order valence-corrected chi connectivity index (χ2v) is 6.48. The lowest BCUT2D eigenvalue weighted by atomic mass is 9.71. The van der Waals surface area contributed by atoms with Gasteiger partial charge in [-0.1, -0.05) is 13.8 Å². The molecule has 3 nitrogen and oxygen atoms in total. The predicted molar refractivity (Wildman–Crippen MR) is 69.0 cm³/mol. The maximum atomic E-state index is 6.36. The highest BCUT2D eigenvalue weighted by atomic mass is 16.5. The lowest BCUT2D eigenvalue weighted by Gasteiger charge is -2.45. The van der Waals surface area contributed by atoms with Crippen LogP contribution in [-0.4, -0.2) is 31.5 Å². The molecule has 100 valence electrons. The molecule has 1 saturated carbocycles. The van der Waals surface area contributed by atoms with Crippen LogP contribution >= 0.6 is 0 Å². The monoisotopic (exact) mass is 241 g/mol. The summed E-state index contributed by atoms with van der Waals surface area (Å²) in [4.78, 5) is 0. The molecule has 2 N–H and O–H groups in total. The molecule has 1 heterocycles. The third kappa shape index (κ3) is 3.43. The van der Waals surface area contributed by atoms with Gasteiger partial charge in [0.1, 0.15) is 0 Å². The second kappa shape index (κ2) is 5.25. The van der Waals surface area contributed by atoms with Crippen LogP contribution in [0.5, 0.6) is 0 Å². The summed E-state index contributed by atoms with van der Waals surface area (Å²) >= 11 is 0. The first kappa shape index (κ1) is 13.3. The van der Waals surface area contributed by atoms with Crippen LogP contribution in [0.15, 0.2) is 0 Å². The molecule has 2 fully saturated rings. The van der Waals surface area contributed by atoms with Crippen molar-refractivity contribution in [2.24, 2.45) is 11.1 Å². The largest absolute Gasteiger partial charge is 0.381 e. The van der Waals surface area contributed by atoms with E-state index >= 15 is 0 Å². The van der Waals surface area contributed by atoms with Gasteiger partial charge in [0.05, 0.1) is 11.7 Å². The van der Waals surface area contributed by atoms with Gasteiger partial charge in [-0.3, -0.25) is 0 Å². The Labute approximate surface area is 105 Å². The van der Waals surface area contributed by atoms with Gasteiger partial charge in [0, 0.05) is 19.8 Å². The summed E-state index contributed by atoms with van der Waals surface area (Å²) < 4.78 is 11.7. The normalized spacial score (nSPS) is 29.1. The smallest absolute Gasteiger partial charge is 0.0808 e. The molecule has 0 spiro atoms. The fraction of sp³-hybridized carbons (Fsp3) is 1.00. The Morgan fingerprint density at radius 1 is 1.12 bits per heavy atom. The highest BCUT2D eigenvalue weighted by Crippen LogP contribution is 2.42. The maximum absolute atomic E-state index is 6.36. The SMILES string of the molecule is CC1(C)CCC(CN)(OC2CCOCC2)CC1. The lowest BCUT2D eigenvalue weighted by Crippen LogP contribution is -2.48. The second-order valence-electron chi connectivity index (χ2n) is 6.48. The van der Waals surface area contributed by atoms with Gasteiger partial charge in [-0.05, 0) is 43.9 Å². The van der Waals surface area contributed by atoms with Gasteiger partial charge < -0.3 is 15.2 Å². The topological polar surface area (TPSA) is 44.5 Å². The molecule has 2 rings (SSSR count). The first-order chi connectivity index (χ1) is 8.05. The third-order valence-electron chi connectivity index (χ3n) is 4.47. The van der Waals surface area contributed by atoms with Gasteiger partial charge in [0.25, 0.3) is 0 Å². The molecule has 0 bridgehead atoms. The van der Waals surface area contributed by atoms with Crippen LogP contribution < -0.4 is 5.73 Å². The van der Waals surface area contributed by atoms with E-state index < -0.39 is 0 Å². The fourth-order valence-corrected chi connectivity index (χ4v) is 2.90. The molecule has 0 atom stereocenters. The van der Waals surface area contributed by atoms with Gasteiger partial charge >= 0.3 is 0 Å². The van der Waals surface area contributed by atoms with Gasteiger partial charge in [-0.2, -0.15) is 0 Å². The zero-order valence-corrected chi connectivity index (χ0v) is 11.3. The molecule has 0 aromatic heterocycles. The molecular weight excluding hydrogens is 214 g/mol. The van der Waals surface area contributed by atoms with Crippen LogP contribution in [0.2, 0.25) is 0 Å². The average Bonchev–Trinajstić information content (AvgIpc) is 2.34. The third-order valence-corrected chi connectivity index (χ3v) is 4.47. The van der Waals surface area contributed by atoms with Gasteiger partial charge in [-0.15, -0.1) is 0 Å². The molecule has 0 radical (unpaired) electrons. The fourth-order valence-electron chi connectivity index (χ4n) is 2.90. The van der Waals surface area contributed by atoms with Crippen molar-refractivity contribution in [3.05, 3.63) is 0 Å². The number of ether oxygens (including phenoxy) is 2. The molecule has 1 aliphatic heterocycles. The van der Waals surface area contributed by atoms with Crippen LogP contribution in [0.4, 0.5) is 0 Å². The van der Waals surface area contributed by atoms with Crippen molar-refractivity contribution in [2.45, 2.75) is 64.1 Å².